The van der Waals surface area contributed by atoms with E-state index in [4.69, 9.17) is 27.9 Å². The number of ether oxygens (including phenoxy) is 1. The molecule has 1 aliphatic rings. The Kier molecular flexibility index (Phi) is 4.29. The molecule has 3 nitrogen and oxygen atoms in total. The SMILES string of the molecule is Fc1cnc(Oc2cc(Cl)ccc2Cl)c(CNC2CC2)c1. The van der Waals surface area contributed by atoms with Gasteiger partial charge in [0.15, 0.2) is 0 Å². The van der Waals surface area contributed by atoms with Gasteiger partial charge in [0.1, 0.15) is 11.6 Å². The molecule has 0 radical (unpaired) electrons. The van der Waals surface area contributed by atoms with Crippen LogP contribution in [-0.4, -0.2) is 11.0 Å². The molecule has 0 amide bonds. The molecule has 0 bridgehead atoms. The number of aromatic nitrogens is 1. The zero-order valence-corrected chi connectivity index (χ0v) is 12.6. The second-order valence-electron chi connectivity index (χ2n) is 4.95. The highest BCUT2D eigenvalue weighted by molar-refractivity contribution is 6.34. The third kappa shape index (κ3) is 3.84. The van der Waals surface area contributed by atoms with Gasteiger partial charge in [-0.15, -0.1) is 0 Å². The van der Waals surface area contributed by atoms with Crippen molar-refractivity contribution in [2.45, 2.75) is 25.4 Å². The number of rotatable bonds is 5. The Morgan fingerprint density at radius 3 is 2.86 bits per heavy atom. The van der Waals surface area contributed by atoms with Crippen molar-refractivity contribution in [2.75, 3.05) is 0 Å². The molecule has 1 aliphatic carbocycles. The van der Waals surface area contributed by atoms with Gasteiger partial charge in [-0.05, 0) is 31.0 Å². The van der Waals surface area contributed by atoms with Gasteiger partial charge in [-0.2, -0.15) is 0 Å². The summed E-state index contributed by atoms with van der Waals surface area (Å²) < 4.78 is 19.1. The van der Waals surface area contributed by atoms with Crippen LogP contribution < -0.4 is 10.1 Å². The molecule has 0 aliphatic heterocycles. The first-order valence-corrected chi connectivity index (χ1v) is 7.38. The second kappa shape index (κ2) is 6.18. The molecular formula is C15H13Cl2FN2O. The molecule has 0 saturated heterocycles. The highest BCUT2D eigenvalue weighted by Crippen LogP contribution is 2.32. The van der Waals surface area contributed by atoms with Crippen molar-refractivity contribution in [1.29, 1.82) is 0 Å². The van der Waals surface area contributed by atoms with Crippen LogP contribution in [-0.2, 0) is 6.54 Å². The highest BCUT2D eigenvalue weighted by Gasteiger charge is 2.21. The largest absolute Gasteiger partial charge is 0.437 e. The molecule has 0 unspecified atom stereocenters. The maximum absolute atomic E-state index is 13.4. The summed E-state index contributed by atoms with van der Waals surface area (Å²) >= 11 is 12.0. The number of pyridine rings is 1. The standard InChI is InChI=1S/C15H13Cl2FN2O/c16-10-1-4-13(17)14(6-10)21-15-9(5-11(18)8-20-15)7-19-12-2-3-12/h1,4-6,8,12,19H,2-3,7H2. The molecule has 3 rings (SSSR count). The third-order valence-corrected chi connectivity index (χ3v) is 3.70. The Bertz CT molecular complexity index is 662. The van der Waals surface area contributed by atoms with Gasteiger partial charge in [0.2, 0.25) is 5.88 Å². The van der Waals surface area contributed by atoms with Gasteiger partial charge in [-0.1, -0.05) is 23.2 Å². The summed E-state index contributed by atoms with van der Waals surface area (Å²) in [6.45, 7) is 0.503. The van der Waals surface area contributed by atoms with Gasteiger partial charge in [0.25, 0.3) is 0 Å². The first-order valence-electron chi connectivity index (χ1n) is 6.62. The summed E-state index contributed by atoms with van der Waals surface area (Å²) in [7, 11) is 0. The molecule has 110 valence electrons. The van der Waals surface area contributed by atoms with Gasteiger partial charge < -0.3 is 10.1 Å². The van der Waals surface area contributed by atoms with Gasteiger partial charge in [-0.3, -0.25) is 0 Å². The lowest BCUT2D eigenvalue weighted by Gasteiger charge is -2.12. The molecule has 0 atom stereocenters. The number of hydrogen-bond donors (Lipinski definition) is 1. The highest BCUT2D eigenvalue weighted by atomic mass is 35.5. The number of hydrogen-bond acceptors (Lipinski definition) is 3. The van der Waals surface area contributed by atoms with Crippen LogP contribution in [0.5, 0.6) is 11.6 Å². The Morgan fingerprint density at radius 2 is 2.10 bits per heavy atom. The molecule has 1 saturated carbocycles. The Labute approximate surface area is 132 Å². The van der Waals surface area contributed by atoms with Crippen molar-refractivity contribution >= 4 is 23.2 Å². The van der Waals surface area contributed by atoms with Crippen molar-refractivity contribution < 1.29 is 9.13 Å². The van der Waals surface area contributed by atoms with E-state index in [1.54, 1.807) is 18.2 Å². The average molecular weight is 327 g/mol. The van der Waals surface area contributed by atoms with Crippen LogP contribution >= 0.6 is 23.2 Å². The number of nitrogens with zero attached hydrogens (tertiary/aromatic N) is 1. The van der Waals surface area contributed by atoms with E-state index in [0.717, 1.165) is 19.0 Å². The van der Waals surface area contributed by atoms with Crippen molar-refractivity contribution in [3.8, 4) is 11.6 Å². The van der Waals surface area contributed by atoms with Crippen LogP contribution in [0.1, 0.15) is 18.4 Å². The van der Waals surface area contributed by atoms with E-state index in [9.17, 15) is 4.39 Å². The van der Waals surface area contributed by atoms with Gasteiger partial charge in [0.05, 0.1) is 11.2 Å². The second-order valence-corrected chi connectivity index (χ2v) is 5.79. The van der Waals surface area contributed by atoms with Crippen LogP contribution in [0.25, 0.3) is 0 Å². The summed E-state index contributed by atoms with van der Waals surface area (Å²) in [4.78, 5) is 4.00. The maximum atomic E-state index is 13.4. The molecule has 2 aromatic rings. The van der Waals surface area contributed by atoms with E-state index in [1.807, 2.05) is 0 Å². The molecule has 1 aromatic carbocycles. The third-order valence-electron chi connectivity index (χ3n) is 3.15. The molecule has 21 heavy (non-hydrogen) atoms. The van der Waals surface area contributed by atoms with E-state index >= 15 is 0 Å². The average Bonchev–Trinajstić information content (AvgIpc) is 3.27. The molecule has 1 fully saturated rings. The number of benzene rings is 1. The lowest BCUT2D eigenvalue weighted by atomic mass is 10.2. The molecule has 1 heterocycles. The Hall–Kier alpha value is -1.36. The quantitative estimate of drug-likeness (QED) is 0.873. The van der Waals surface area contributed by atoms with E-state index in [-0.39, 0.29) is 0 Å². The fourth-order valence-electron chi connectivity index (χ4n) is 1.89. The summed E-state index contributed by atoms with van der Waals surface area (Å²) in [6.07, 6.45) is 3.42. The lowest BCUT2D eigenvalue weighted by molar-refractivity contribution is 0.448. The molecule has 1 N–H and O–H groups in total. The monoisotopic (exact) mass is 326 g/mol. The summed E-state index contributed by atoms with van der Waals surface area (Å²) in [5, 5.41) is 4.24. The predicted molar refractivity (Wildman–Crippen MR) is 80.6 cm³/mol. The van der Waals surface area contributed by atoms with Crippen molar-refractivity contribution in [3.05, 3.63) is 51.9 Å². The minimum atomic E-state index is -0.396. The van der Waals surface area contributed by atoms with Crippen LogP contribution in [0.15, 0.2) is 30.5 Å². The minimum Gasteiger partial charge on any atom is -0.437 e. The minimum absolute atomic E-state index is 0.328. The van der Waals surface area contributed by atoms with E-state index in [1.165, 1.54) is 6.07 Å². The zero-order valence-electron chi connectivity index (χ0n) is 11.1. The number of halogens is 3. The Morgan fingerprint density at radius 1 is 1.29 bits per heavy atom. The maximum Gasteiger partial charge on any atom is 0.223 e. The molecule has 1 aromatic heterocycles. The Balaban J connectivity index is 1.84. The van der Waals surface area contributed by atoms with Crippen LogP contribution in [0.4, 0.5) is 4.39 Å². The van der Waals surface area contributed by atoms with E-state index in [0.29, 0.717) is 39.8 Å². The van der Waals surface area contributed by atoms with E-state index < -0.39 is 5.82 Å². The lowest BCUT2D eigenvalue weighted by Crippen LogP contribution is -2.16. The van der Waals surface area contributed by atoms with Gasteiger partial charge in [0, 0.05) is 29.2 Å². The van der Waals surface area contributed by atoms with Crippen LogP contribution in [0, 0.1) is 5.82 Å². The van der Waals surface area contributed by atoms with Gasteiger partial charge in [-0.25, -0.2) is 9.37 Å². The van der Waals surface area contributed by atoms with Crippen LogP contribution in [0.3, 0.4) is 0 Å². The van der Waals surface area contributed by atoms with E-state index in [2.05, 4.69) is 10.3 Å². The normalized spacial score (nSPS) is 14.2. The fraction of sp³-hybridized carbons (Fsp3) is 0.267. The predicted octanol–water partition coefficient (Wildman–Crippen LogP) is 4.57. The zero-order chi connectivity index (χ0) is 14.8. The number of nitrogens with one attached hydrogen (secondary N) is 1. The molecule has 6 heteroatoms. The van der Waals surface area contributed by atoms with Crippen molar-refractivity contribution in [1.82, 2.24) is 10.3 Å². The van der Waals surface area contributed by atoms with Crippen molar-refractivity contribution in [3.63, 3.8) is 0 Å². The fourth-order valence-corrected chi connectivity index (χ4v) is 2.21. The first-order chi connectivity index (χ1) is 10.1. The van der Waals surface area contributed by atoms with Crippen molar-refractivity contribution in [2.24, 2.45) is 0 Å². The van der Waals surface area contributed by atoms with Crippen LogP contribution in [0.2, 0.25) is 10.0 Å². The molecular weight excluding hydrogens is 314 g/mol. The summed E-state index contributed by atoms with van der Waals surface area (Å²) in [5.41, 5.74) is 0.651. The summed E-state index contributed by atoms with van der Waals surface area (Å²) in [6, 6.07) is 6.84. The first kappa shape index (κ1) is 14.6. The smallest absolute Gasteiger partial charge is 0.223 e. The topological polar surface area (TPSA) is 34.1 Å². The van der Waals surface area contributed by atoms with Gasteiger partial charge >= 0.3 is 0 Å². The molecule has 0 spiro atoms. The summed E-state index contributed by atoms with van der Waals surface area (Å²) in [5.74, 6) is 0.330.